The number of nitrogens with zero attached hydrogens (tertiary/aromatic N) is 4. The van der Waals surface area contributed by atoms with Crippen molar-refractivity contribution in [2.45, 2.75) is 10.9 Å². The second-order valence-electron chi connectivity index (χ2n) is 7.69. The molecule has 0 bridgehead atoms. The third-order valence-electron chi connectivity index (χ3n) is 5.43. The number of hydrogen-bond acceptors (Lipinski definition) is 7. The van der Waals surface area contributed by atoms with Crippen LogP contribution in [0.15, 0.2) is 47.5 Å². The van der Waals surface area contributed by atoms with Crippen LogP contribution in [0.25, 0.3) is 0 Å². The molecule has 0 spiro atoms. The Morgan fingerprint density at radius 1 is 1.13 bits per heavy atom. The van der Waals surface area contributed by atoms with Crippen molar-refractivity contribution in [3.8, 4) is 5.75 Å². The van der Waals surface area contributed by atoms with Gasteiger partial charge in [-0.2, -0.15) is 4.31 Å². The van der Waals surface area contributed by atoms with Crippen LogP contribution in [0.1, 0.15) is 11.6 Å². The minimum Gasteiger partial charge on any atom is -0.496 e. The van der Waals surface area contributed by atoms with Gasteiger partial charge >= 0.3 is 0 Å². The minimum absolute atomic E-state index is 0.0664. The zero-order valence-corrected chi connectivity index (χ0v) is 18.9. The molecule has 0 aliphatic carbocycles. The topological polar surface area (TPSA) is 78.0 Å². The monoisotopic (exact) mass is 433 g/mol. The normalized spacial score (nSPS) is 17.1. The number of para-hydroxylation sites is 1. The summed E-state index contributed by atoms with van der Waals surface area (Å²) in [6.07, 6.45) is 1.43. The molecule has 0 amide bonds. The number of methoxy groups -OCH3 is 1. The maximum atomic E-state index is 12.8. The van der Waals surface area contributed by atoms with Gasteiger partial charge in [-0.25, -0.2) is 13.4 Å². The van der Waals surface area contributed by atoms with Gasteiger partial charge in [0.1, 0.15) is 16.5 Å². The molecule has 1 aromatic heterocycles. The first-order chi connectivity index (χ1) is 14.3. The Hall–Kier alpha value is -2.20. The van der Waals surface area contributed by atoms with E-state index in [0.29, 0.717) is 25.5 Å². The second kappa shape index (κ2) is 9.74. The van der Waals surface area contributed by atoms with Crippen molar-refractivity contribution in [3.63, 3.8) is 0 Å². The van der Waals surface area contributed by atoms with Gasteiger partial charge in [0.25, 0.3) is 0 Å². The van der Waals surface area contributed by atoms with E-state index in [1.54, 1.807) is 19.2 Å². The summed E-state index contributed by atoms with van der Waals surface area (Å²) in [5.41, 5.74) is 1.08. The molecule has 2 aromatic rings. The molecule has 1 aromatic carbocycles. The molecule has 1 fully saturated rings. The first-order valence-electron chi connectivity index (χ1n) is 10.0. The molecule has 2 heterocycles. The summed E-state index contributed by atoms with van der Waals surface area (Å²) in [6.45, 7) is 3.08. The van der Waals surface area contributed by atoms with E-state index in [9.17, 15) is 8.42 Å². The molecular formula is C21H31N5O3S. The number of hydrogen-bond donors (Lipinski definition) is 1. The van der Waals surface area contributed by atoms with Gasteiger partial charge < -0.3 is 19.9 Å². The minimum atomic E-state index is -3.51. The van der Waals surface area contributed by atoms with E-state index in [1.807, 2.05) is 45.4 Å². The summed E-state index contributed by atoms with van der Waals surface area (Å²) in [7, 11) is 4.18. The van der Waals surface area contributed by atoms with Crippen LogP contribution in [0.5, 0.6) is 5.75 Å². The molecule has 164 valence electrons. The number of aromatic nitrogens is 1. The van der Waals surface area contributed by atoms with Crippen LogP contribution in [0.3, 0.4) is 0 Å². The molecule has 0 saturated carbocycles. The highest BCUT2D eigenvalue weighted by molar-refractivity contribution is 7.89. The van der Waals surface area contributed by atoms with Crippen molar-refractivity contribution in [1.29, 1.82) is 0 Å². The third kappa shape index (κ3) is 5.10. The van der Waals surface area contributed by atoms with Crippen LogP contribution >= 0.6 is 0 Å². The Morgan fingerprint density at radius 3 is 2.43 bits per heavy atom. The zero-order chi connectivity index (χ0) is 21.7. The molecule has 1 N–H and O–H groups in total. The van der Waals surface area contributed by atoms with Gasteiger partial charge in [-0.3, -0.25) is 0 Å². The maximum Gasteiger partial charge on any atom is 0.244 e. The summed E-state index contributed by atoms with van der Waals surface area (Å²) in [5, 5.41) is 3.32. The molecule has 30 heavy (non-hydrogen) atoms. The van der Waals surface area contributed by atoms with Crippen LogP contribution in [-0.4, -0.2) is 88.5 Å². The van der Waals surface area contributed by atoms with Gasteiger partial charge in [-0.1, -0.05) is 18.2 Å². The largest absolute Gasteiger partial charge is 0.496 e. The van der Waals surface area contributed by atoms with Gasteiger partial charge in [-0.15, -0.1) is 0 Å². The fourth-order valence-corrected chi connectivity index (χ4v) is 4.90. The van der Waals surface area contributed by atoms with Crippen molar-refractivity contribution >= 4 is 15.8 Å². The lowest BCUT2D eigenvalue weighted by Gasteiger charge is -2.31. The number of likely N-dealkylation sites (N-methyl/N-ethyl adjacent to an activating group) is 2. The summed E-state index contributed by atoms with van der Waals surface area (Å²) in [4.78, 5) is 8.81. The summed E-state index contributed by atoms with van der Waals surface area (Å²) in [5.74, 6) is 1.47. The lowest BCUT2D eigenvalue weighted by atomic mass is 10.0. The molecule has 8 nitrogen and oxygen atoms in total. The van der Waals surface area contributed by atoms with Crippen LogP contribution in [0.2, 0.25) is 0 Å². The Kier molecular flexibility index (Phi) is 7.30. The van der Waals surface area contributed by atoms with Crippen molar-refractivity contribution in [2.75, 3.05) is 66.3 Å². The number of rotatable bonds is 8. The van der Waals surface area contributed by atoms with Crippen molar-refractivity contribution < 1.29 is 13.2 Å². The van der Waals surface area contributed by atoms with Crippen LogP contribution < -0.4 is 10.1 Å². The number of ether oxygens (including phenoxy) is 1. The highest BCUT2D eigenvalue weighted by atomic mass is 32.2. The van der Waals surface area contributed by atoms with E-state index in [0.717, 1.165) is 24.4 Å². The average Bonchev–Trinajstić information content (AvgIpc) is 2.74. The fourth-order valence-electron chi connectivity index (χ4n) is 3.53. The van der Waals surface area contributed by atoms with Crippen LogP contribution in [0, 0.1) is 0 Å². The van der Waals surface area contributed by atoms with Crippen LogP contribution in [-0.2, 0) is 10.0 Å². The van der Waals surface area contributed by atoms with E-state index in [2.05, 4.69) is 20.1 Å². The third-order valence-corrected chi connectivity index (χ3v) is 7.32. The first kappa shape index (κ1) is 22.5. The predicted octanol–water partition coefficient (Wildman–Crippen LogP) is 1.74. The van der Waals surface area contributed by atoms with E-state index in [1.165, 1.54) is 10.5 Å². The van der Waals surface area contributed by atoms with E-state index >= 15 is 0 Å². The number of pyridine rings is 1. The fraction of sp³-hybridized carbons (Fsp3) is 0.476. The molecule has 0 radical (unpaired) electrons. The molecule has 1 unspecified atom stereocenters. The highest BCUT2D eigenvalue weighted by Gasteiger charge is 2.27. The maximum absolute atomic E-state index is 12.8. The van der Waals surface area contributed by atoms with Gasteiger partial charge in [0, 0.05) is 44.5 Å². The predicted molar refractivity (Wildman–Crippen MR) is 118 cm³/mol. The number of nitrogens with one attached hydrogen (secondary N) is 1. The standard InChI is InChI=1S/C21H31N5O3S/c1-24(2)19(18-7-5-6-8-20(18)29-4)16-23-21-10-9-17(15-22-21)30(27,28)26-13-11-25(3)12-14-26/h5-10,15,19H,11-14,16H2,1-4H3,(H,22,23). The number of piperazine rings is 1. The van der Waals surface area contributed by atoms with E-state index in [4.69, 9.17) is 4.74 Å². The van der Waals surface area contributed by atoms with Gasteiger partial charge in [0.15, 0.2) is 0 Å². The SMILES string of the molecule is COc1ccccc1C(CNc1ccc(S(=O)(=O)N2CCN(C)CC2)cn1)N(C)C. The highest BCUT2D eigenvalue weighted by Crippen LogP contribution is 2.28. The quantitative estimate of drug-likeness (QED) is 0.679. The Balaban J connectivity index is 1.69. The second-order valence-corrected chi connectivity index (χ2v) is 9.63. The van der Waals surface area contributed by atoms with E-state index < -0.39 is 10.0 Å². The first-order valence-corrected chi connectivity index (χ1v) is 11.4. The number of sulfonamides is 1. The van der Waals surface area contributed by atoms with Crippen molar-refractivity contribution in [2.24, 2.45) is 0 Å². The molecular weight excluding hydrogens is 402 g/mol. The number of benzene rings is 1. The van der Waals surface area contributed by atoms with Gasteiger partial charge in [0.05, 0.1) is 13.2 Å². The Bertz CT molecular complexity index is 926. The molecule has 1 aliphatic heterocycles. The Morgan fingerprint density at radius 2 is 1.83 bits per heavy atom. The van der Waals surface area contributed by atoms with E-state index in [-0.39, 0.29) is 10.9 Å². The summed E-state index contributed by atoms with van der Waals surface area (Å²) < 4.78 is 32.7. The molecule has 1 saturated heterocycles. The van der Waals surface area contributed by atoms with Crippen molar-refractivity contribution in [3.05, 3.63) is 48.2 Å². The zero-order valence-electron chi connectivity index (χ0n) is 18.1. The van der Waals surface area contributed by atoms with Gasteiger partial charge in [-0.05, 0) is 39.3 Å². The molecule has 1 atom stereocenters. The average molecular weight is 434 g/mol. The van der Waals surface area contributed by atoms with Crippen molar-refractivity contribution in [1.82, 2.24) is 19.1 Å². The lowest BCUT2D eigenvalue weighted by molar-refractivity contribution is 0.222. The lowest BCUT2D eigenvalue weighted by Crippen LogP contribution is -2.47. The summed E-state index contributed by atoms with van der Waals surface area (Å²) >= 11 is 0. The smallest absolute Gasteiger partial charge is 0.244 e. The molecule has 9 heteroatoms. The molecule has 1 aliphatic rings. The molecule has 3 rings (SSSR count). The summed E-state index contributed by atoms with van der Waals surface area (Å²) in [6, 6.07) is 11.3. The Labute approximate surface area is 179 Å². The van der Waals surface area contributed by atoms with Gasteiger partial charge in [0.2, 0.25) is 10.0 Å². The van der Waals surface area contributed by atoms with Crippen LogP contribution in [0.4, 0.5) is 5.82 Å². The number of anilines is 1.